The first-order valence-corrected chi connectivity index (χ1v) is 3.99. The molecule has 0 amide bonds. The SMILES string of the molecule is C=C1c2ccc(C)cc2CN1N. The summed E-state index contributed by atoms with van der Waals surface area (Å²) in [6.45, 7) is 6.78. The maximum Gasteiger partial charge on any atom is 0.0599 e. The molecule has 1 aromatic carbocycles. The summed E-state index contributed by atoms with van der Waals surface area (Å²) < 4.78 is 0. The topological polar surface area (TPSA) is 29.3 Å². The Labute approximate surface area is 72.3 Å². The van der Waals surface area contributed by atoms with Crippen LogP contribution in [0.3, 0.4) is 0 Å². The van der Waals surface area contributed by atoms with E-state index >= 15 is 0 Å². The summed E-state index contributed by atoms with van der Waals surface area (Å²) in [4.78, 5) is 0. The lowest BCUT2D eigenvalue weighted by Crippen LogP contribution is -2.22. The van der Waals surface area contributed by atoms with Gasteiger partial charge in [-0.15, -0.1) is 0 Å². The molecule has 0 aliphatic carbocycles. The molecule has 62 valence electrons. The van der Waals surface area contributed by atoms with Gasteiger partial charge in [0.1, 0.15) is 0 Å². The fraction of sp³-hybridized carbons (Fsp3) is 0.200. The second-order valence-corrected chi connectivity index (χ2v) is 3.24. The highest BCUT2D eigenvalue weighted by molar-refractivity contribution is 5.68. The van der Waals surface area contributed by atoms with Crippen LogP contribution >= 0.6 is 0 Å². The van der Waals surface area contributed by atoms with Gasteiger partial charge in [-0.3, -0.25) is 0 Å². The zero-order valence-corrected chi connectivity index (χ0v) is 7.17. The third kappa shape index (κ3) is 0.924. The van der Waals surface area contributed by atoms with Gasteiger partial charge < -0.3 is 5.01 Å². The van der Waals surface area contributed by atoms with Crippen molar-refractivity contribution in [2.24, 2.45) is 5.84 Å². The Kier molecular flexibility index (Phi) is 1.45. The molecule has 2 nitrogen and oxygen atoms in total. The quantitative estimate of drug-likeness (QED) is 0.585. The number of aryl methyl sites for hydroxylation is 1. The summed E-state index contributed by atoms with van der Waals surface area (Å²) in [5.41, 5.74) is 4.66. The lowest BCUT2D eigenvalue weighted by Gasteiger charge is -2.09. The van der Waals surface area contributed by atoms with Crippen molar-refractivity contribution in [3.05, 3.63) is 41.5 Å². The molecule has 0 saturated carbocycles. The van der Waals surface area contributed by atoms with Gasteiger partial charge in [-0.2, -0.15) is 0 Å². The highest BCUT2D eigenvalue weighted by Gasteiger charge is 2.18. The van der Waals surface area contributed by atoms with Gasteiger partial charge in [-0.1, -0.05) is 30.3 Å². The number of nitrogens with zero attached hydrogens (tertiary/aromatic N) is 1. The number of hydrazine groups is 1. The molecule has 0 fully saturated rings. The molecule has 1 aromatic rings. The van der Waals surface area contributed by atoms with Crippen molar-refractivity contribution >= 4 is 5.70 Å². The maximum atomic E-state index is 5.71. The molecular formula is C10H12N2. The largest absolute Gasteiger partial charge is 0.307 e. The third-order valence-corrected chi connectivity index (χ3v) is 2.26. The van der Waals surface area contributed by atoms with E-state index < -0.39 is 0 Å². The number of hydrogen-bond donors (Lipinski definition) is 1. The number of fused-ring (bicyclic) bond motifs is 1. The third-order valence-electron chi connectivity index (χ3n) is 2.26. The minimum Gasteiger partial charge on any atom is -0.307 e. The van der Waals surface area contributed by atoms with Crippen LogP contribution in [0.4, 0.5) is 0 Å². The van der Waals surface area contributed by atoms with E-state index in [0.717, 1.165) is 12.2 Å². The average molecular weight is 160 g/mol. The predicted molar refractivity (Wildman–Crippen MR) is 49.9 cm³/mol. The van der Waals surface area contributed by atoms with Crippen molar-refractivity contribution in [3.8, 4) is 0 Å². The Balaban J connectivity index is 2.54. The molecule has 0 unspecified atom stereocenters. The van der Waals surface area contributed by atoms with E-state index in [1.54, 1.807) is 5.01 Å². The first-order chi connectivity index (χ1) is 5.68. The van der Waals surface area contributed by atoms with Gasteiger partial charge in [0.05, 0.1) is 12.2 Å². The zero-order chi connectivity index (χ0) is 8.72. The van der Waals surface area contributed by atoms with E-state index in [9.17, 15) is 0 Å². The van der Waals surface area contributed by atoms with Gasteiger partial charge >= 0.3 is 0 Å². The Morgan fingerprint density at radius 2 is 2.25 bits per heavy atom. The van der Waals surface area contributed by atoms with Crippen LogP contribution in [0.2, 0.25) is 0 Å². The van der Waals surface area contributed by atoms with Crippen LogP contribution in [-0.2, 0) is 6.54 Å². The minimum atomic E-state index is 0.788. The van der Waals surface area contributed by atoms with Crippen molar-refractivity contribution in [1.82, 2.24) is 5.01 Å². The summed E-state index contributed by atoms with van der Waals surface area (Å²) in [5, 5.41) is 1.68. The molecule has 2 rings (SSSR count). The first kappa shape index (κ1) is 7.37. The van der Waals surface area contributed by atoms with E-state index in [0.29, 0.717) is 0 Å². The van der Waals surface area contributed by atoms with Crippen molar-refractivity contribution in [1.29, 1.82) is 0 Å². The molecule has 0 aromatic heterocycles. The van der Waals surface area contributed by atoms with Crippen LogP contribution < -0.4 is 5.84 Å². The predicted octanol–water partition coefficient (Wildman–Crippen LogP) is 1.66. The molecule has 1 aliphatic heterocycles. The highest BCUT2D eigenvalue weighted by atomic mass is 15.4. The Bertz CT molecular complexity index is 342. The molecule has 0 spiro atoms. The van der Waals surface area contributed by atoms with Crippen LogP contribution in [-0.4, -0.2) is 5.01 Å². The molecule has 0 bridgehead atoms. The molecule has 0 radical (unpaired) electrons. The molecule has 2 N–H and O–H groups in total. The number of hydrogen-bond acceptors (Lipinski definition) is 2. The van der Waals surface area contributed by atoms with Crippen LogP contribution in [0.5, 0.6) is 0 Å². The molecule has 12 heavy (non-hydrogen) atoms. The first-order valence-electron chi connectivity index (χ1n) is 3.99. The fourth-order valence-electron chi connectivity index (χ4n) is 1.57. The summed E-state index contributed by atoms with van der Waals surface area (Å²) in [6, 6.07) is 6.33. The van der Waals surface area contributed by atoms with Crippen LogP contribution in [0.1, 0.15) is 16.7 Å². The highest BCUT2D eigenvalue weighted by Crippen LogP contribution is 2.28. The average Bonchev–Trinajstić information content (AvgIpc) is 2.28. The second kappa shape index (κ2) is 2.35. The fourth-order valence-corrected chi connectivity index (χ4v) is 1.57. The molecule has 0 saturated heterocycles. The number of rotatable bonds is 0. The molecule has 2 heteroatoms. The van der Waals surface area contributed by atoms with Crippen molar-refractivity contribution < 1.29 is 0 Å². The van der Waals surface area contributed by atoms with Crippen LogP contribution in [0.15, 0.2) is 24.8 Å². The normalized spacial score (nSPS) is 15.2. The van der Waals surface area contributed by atoms with Gasteiger partial charge in [0.15, 0.2) is 0 Å². The number of nitrogens with two attached hydrogens (primary N) is 1. The van der Waals surface area contributed by atoms with Crippen molar-refractivity contribution in [3.63, 3.8) is 0 Å². The van der Waals surface area contributed by atoms with Crippen LogP contribution in [0, 0.1) is 6.92 Å². The van der Waals surface area contributed by atoms with Crippen LogP contribution in [0.25, 0.3) is 5.70 Å². The van der Waals surface area contributed by atoms with E-state index in [-0.39, 0.29) is 0 Å². The summed E-state index contributed by atoms with van der Waals surface area (Å²) >= 11 is 0. The standard InChI is InChI=1S/C10H12N2/c1-7-3-4-10-8(2)12(11)6-9(10)5-7/h3-5H,2,6,11H2,1H3. The monoisotopic (exact) mass is 160 g/mol. The lowest BCUT2D eigenvalue weighted by atomic mass is 10.1. The Morgan fingerprint density at radius 3 is 3.00 bits per heavy atom. The van der Waals surface area contributed by atoms with E-state index in [1.165, 1.54) is 16.7 Å². The van der Waals surface area contributed by atoms with Crippen molar-refractivity contribution in [2.45, 2.75) is 13.5 Å². The maximum absolute atomic E-state index is 5.71. The van der Waals surface area contributed by atoms with E-state index in [4.69, 9.17) is 5.84 Å². The number of benzene rings is 1. The van der Waals surface area contributed by atoms with Crippen molar-refractivity contribution in [2.75, 3.05) is 0 Å². The summed E-state index contributed by atoms with van der Waals surface area (Å²) in [6.07, 6.45) is 0. The molecular weight excluding hydrogens is 148 g/mol. The Morgan fingerprint density at radius 1 is 1.50 bits per heavy atom. The summed E-state index contributed by atoms with van der Waals surface area (Å²) in [7, 11) is 0. The minimum absolute atomic E-state index is 0.788. The zero-order valence-electron chi connectivity index (χ0n) is 7.17. The second-order valence-electron chi connectivity index (χ2n) is 3.24. The smallest absolute Gasteiger partial charge is 0.0599 e. The van der Waals surface area contributed by atoms with E-state index in [1.807, 2.05) is 0 Å². The van der Waals surface area contributed by atoms with E-state index in [2.05, 4.69) is 31.7 Å². The van der Waals surface area contributed by atoms with Gasteiger partial charge in [0.2, 0.25) is 0 Å². The van der Waals surface area contributed by atoms with Gasteiger partial charge in [-0.25, -0.2) is 5.84 Å². The van der Waals surface area contributed by atoms with Gasteiger partial charge in [0.25, 0.3) is 0 Å². The summed E-state index contributed by atoms with van der Waals surface area (Å²) in [5.74, 6) is 5.71. The Hall–Kier alpha value is -1.28. The van der Waals surface area contributed by atoms with Gasteiger partial charge in [-0.05, 0) is 12.5 Å². The van der Waals surface area contributed by atoms with Gasteiger partial charge in [0, 0.05) is 5.56 Å². The molecule has 1 heterocycles. The molecule has 1 aliphatic rings. The lowest BCUT2D eigenvalue weighted by molar-refractivity contribution is 0.432. The molecule has 0 atom stereocenters.